The van der Waals surface area contributed by atoms with E-state index in [1.807, 2.05) is 6.07 Å². The molecule has 0 aliphatic carbocycles. The van der Waals surface area contributed by atoms with E-state index in [-0.39, 0.29) is 0 Å². The van der Waals surface area contributed by atoms with E-state index in [1.165, 1.54) is 11.5 Å². The highest BCUT2D eigenvalue weighted by atomic mass is 32.1. The second-order valence-electron chi connectivity index (χ2n) is 2.71. The van der Waals surface area contributed by atoms with Crippen molar-refractivity contribution in [1.29, 1.82) is 5.26 Å². The minimum absolute atomic E-state index is 0.471. The Kier molecular flexibility index (Phi) is 2.61. The number of nitriles is 1. The second kappa shape index (κ2) is 3.49. The molecular formula is C8H10N2S. The average Bonchev–Trinajstić information content (AvgIpc) is 2.37. The van der Waals surface area contributed by atoms with Gasteiger partial charge in [-0.1, -0.05) is 13.8 Å². The van der Waals surface area contributed by atoms with Gasteiger partial charge in [0, 0.05) is 4.88 Å². The molecule has 0 aliphatic rings. The molecule has 0 atom stereocenters. The lowest BCUT2D eigenvalue weighted by Crippen LogP contribution is -1.84. The van der Waals surface area contributed by atoms with Gasteiger partial charge < -0.3 is 0 Å². The van der Waals surface area contributed by atoms with Crippen LogP contribution < -0.4 is 0 Å². The highest BCUT2D eigenvalue weighted by Gasteiger charge is 2.04. The van der Waals surface area contributed by atoms with E-state index in [9.17, 15) is 0 Å². The third-order valence-corrected chi connectivity index (χ3v) is 2.22. The summed E-state index contributed by atoms with van der Waals surface area (Å²) in [6.45, 7) is 4.20. The third-order valence-electron chi connectivity index (χ3n) is 1.42. The fraction of sp³-hybridized carbons (Fsp3) is 0.500. The van der Waals surface area contributed by atoms with Crippen LogP contribution in [0.2, 0.25) is 0 Å². The summed E-state index contributed by atoms with van der Waals surface area (Å²) >= 11 is 1.43. The molecule has 0 spiro atoms. The summed E-state index contributed by atoms with van der Waals surface area (Å²) in [5.41, 5.74) is 1.10. The van der Waals surface area contributed by atoms with E-state index in [4.69, 9.17) is 5.26 Å². The predicted molar refractivity (Wildman–Crippen MR) is 45.5 cm³/mol. The monoisotopic (exact) mass is 166 g/mol. The van der Waals surface area contributed by atoms with Crippen molar-refractivity contribution >= 4 is 11.5 Å². The summed E-state index contributed by atoms with van der Waals surface area (Å²) in [7, 11) is 0. The van der Waals surface area contributed by atoms with Crippen LogP contribution in [0.5, 0.6) is 0 Å². The Morgan fingerprint density at radius 2 is 2.45 bits per heavy atom. The Morgan fingerprint density at radius 1 is 1.73 bits per heavy atom. The van der Waals surface area contributed by atoms with Crippen molar-refractivity contribution in [3.05, 3.63) is 16.6 Å². The average molecular weight is 166 g/mol. The Labute approximate surface area is 70.6 Å². The van der Waals surface area contributed by atoms with E-state index in [2.05, 4.69) is 24.3 Å². The van der Waals surface area contributed by atoms with Crippen LogP contribution >= 0.6 is 11.5 Å². The minimum Gasteiger partial charge on any atom is -0.198 e. The molecule has 0 amide bonds. The predicted octanol–water partition coefficient (Wildman–Crippen LogP) is 2.33. The van der Waals surface area contributed by atoms with Crippen LogP contribution in [-0.2, 0) is 6.42 Å². The zero-order valence-corrected chi connectivity index (χ0v) is 7.48. The van der Waals surface area contributed by atoms with Crippen LogP contribution in [0.1, 0.15) is 30.3 Å². The highest BCUT2D eigenvalue weighted by Crippen LogP contribution is 2.17. The van der Waals surface area contributed by atoms with Gasteiger partial charge in [0.2, 0.25) is 0 Å². The molecule has 0 aliphatic heterocycles. The van der Waals surface area contributed by atoms with Crippen molar-refractivity contribution in [3.63, 3.8) is 0 Å². The largest absolute Gasteiger partial charge is 0.198 e. The van der Waals surface area contributed by atoms with Gasteiger partial charge in [0.1, 0.15) is 0 Å². The van der Waals surface area contributed by atoms with Gasteiger partial charge in [-0.3, -0.25) is 0 Å². The van der Waals surface area contributed by atoms with Crippen LogP contribution in [-0.4, -0.2) is 4.37 Å². The van der Waals surface area contributed by atoms with Gasteiger partial charge in [-0.05, 0) is 23.5 Å². The number of hydrogen-bond donors (Lipinski definition) is 0. The van der Waals surface area contributed by atoms with E-state index in [0.29, 0.717) is 12.3 Å². The molecule has 0 saturated heterocycles. The first kappa shape index (κ1) is 8.22. The van der Waals surface area contributed by atoms with Crippen molar-refractivity contribution in [2.24, 2.45) is 0 Å². The molecule has 0 saturated carbocycles. The lowest BCUT2D eigenvalue weighted by Gasteiger charge is -1.94. The Balaban J connectivity index is 2.75. The molecule has 11 heavy (non-hydrogen) atoms. The molecule has 1 aromatic rings. The first-order chi connectivity index (χ1) is 5.24. The first-order valence-corrected chi connectivity index (χ1v) is 4.34. The molecule has 0 unspecified atom stereocenters. The van der Waals surface area contributed by atoms with Crippen LogP contribution in [0, 0.1) is 11.3 Å². The van der Waals surface area contributed by atoms with Gasteiger partial charge in [-0.2, -0.15) is 9.64 Å². The molecule has 0 bridgehead atoms. The normalized spacial score (nSPS) is 10.0. The van der Waals surface area contributed by atoms with Crippen LogP contribution in [0.15, 0.2) is 6.07 Å². The van der Waals surface area contributed by atoms with Gasteiger partial charge >= 0.3 is 0 Å². The zero-order valence-electron chi connectivity index (χ0n) is 6.66. The van der Waals surface area contributed by atoms with Crippen molar-refractivity contribution < 1.29 is 0 Å². The van der Waals surface area contributed by atoms with E-state index < -0.39 is 0 Å². The Bertz CT molecular complexity index is 270. The van der Waals surface area contributed by atoms with Gasteiger partial charge in [-0.15, -0.1) is 0 Å². The summed E-state index contributed by atoms with van der Waals surface area (Å²) in [6, 6.07) is 4.12. The van der Waals surface area contributed by atoms with Crippen LogP contribution in [0.25, 0.3) is 0 Å². The molecule has 1 rings (SSSR count). The second-order valence-corrected chi connectivity index (χ2v) is 3.60. The quantitative estimate of drug-likeness (QED) is 0.676. The number of rotatable bonds is 2. The first-order valence-electron chi connectivity index (χ1n) is 3.56. The zero-order chi connectivity index (χ0) is 8.27. The molecule has 3 heteroatoms. The maximum atomic E-state index is 8.40. The van der Waals surface area contributed by atoms with E-state index in [1.54, 1.807) is 0 Å². The molecule has 0 aromatic carbocycles. The van der Waals surface area contributed by atoms with E-state index in [0.717, 1.165) is 10.6 Å². The van der Waals surface area contributed by atoms with Crippen molar-refractivity contribution in [2.45, 2.75) is 26.2 Å². The maximum Gasteiger partial charge on any atom is 0.0711 e. The van der Waals surface area contributed by atoms with Crippen LogP contribution in [0.3, 0.4) is 0 Å². The summed E-state index contributed by atoms with van der Waals surface area (Å²) in [6.07, 6.45) is 0.490. The molecule has 0 fully saturated rings. The van der Waals surface area contributed by atoms with Gasteiger partial charge in [-0.25, -0.2) is 0 Å². The maximum absolute atomic E-state index is 8.40. The fourth-order valence-corrected chi connectivity index (χ4v) is 1.55. The third kappa shape index (κ3) is 2.02. The lowest BCUT2D eigenvalue weighted by molar-refractivity contribution is 0.840. The number of aromatic nitrogens is 1. The molecular weight excluding hydrogens is 156 g/mol. The summed E-state index contributed by atoms with van der Waals surface area (Å²) in [5, 5.41) is 8.40. The number of hydrogen-bond acceptors (Lipinski definition) is 3. The molecule has 1 heterocycles. The standard InChI is InChI=1S/C8H10N2S/c1-6(2)8-5-7(3-4-9)11-10-8/h5-6H,3H2,1-2H3. The number of nitrogens with zero attached hydrogens (tertiary/aromatic N) is 2. The highest BCUT2D eigenvalue weighted by molar-refractivity contribution is 7.05. The lowest BCUT2D eigenvalue weighted by atomic mass is 10.1. The molecule has 2 nitrogen and oxygen atoms in total. The minimum atomic E-state index is 0.471. The summed E-state index contributed by atoms with van der Waals surface area (Å²) in [5.74, 6) is 0.471. The topological polar surface area (TPSA) is 36.7 Å². The summed E-state index contributed by atoms with van der Waals surface area (Å²) in [4.78, 5) is 1.07. The van der Waals surface area contributed by atoms with Gasteiger partial charge in [0.05, 0.1) is 18.2 Å². The van der Waals surface area contributed by atoms with Crippen molar-refractivity contribution in [1.82, 2.24) is 4.37 Å². The van der Waals surface area contributed by atoms with Gasteiger partial charge in [0.25, 0.3) is 0 Å². The summed E-state index contributed by atoms with van der Waals surface area (Å²) < 4.78 is 4.22. The van der Waals surface area contributed by atoms with Crippen molar-refractivity contribution in [2.75, 3.05) is 0 Å². The molecule has 0 radical (unpaired) electrons. The molecule has 0 N–H and O–H groups in total. The molecule has 58 valence electrons. The van der Waals surface area contributed by atoms with Crippen LogP contribution in [0.4, 0.5) is 0 Å². The Morgan fingerprint density at radius 3 is 2.91 bits per heavy atom. The SMILES string of the molecule is CC(C)c1cc(CC#N)sn1. The Hall–Kier alpha value is -0.880. The van der Waals surface area contributed by atoms with Gasteiger partial charge in [0.15, 0.2) is 0 Å². The van der Waals surface area contributed by atoms with Crippen molar-refractivity contribution in [3.8, 4) is 6.07 Å². The fourth-order valence-electron chi connectivity index (χ4n) is 0.762. The van der Waals surface area contributed by atoms with E-state index >= 15 is 0 Å². The molecule has 1 aromatic heterocycles. The smallest absolute Gasteiger partial charge is 0.0711 e.